The molecule has 1 fully saturated rings. The van der Waals surface area contributed by atoms with Gasteiger partial charge in [0.1, 0.15) is 0 Å². The number of halogens is 1. The van der Waals surface area contributed by atoms with E-state index in [-0.39, 0.29) is 36.8 Å². The van der Waals surface area contributed by atoms with Crippen molar-refractivity contribution < 1.29 is 9.59 Å². The minimum Gasteiger partial charge on any atom is -0.347 e. The number of carbonyl (C=O) groups is 2. The summed E-state index contributed by atoms with van der Waals surface area (Å²) in [4.78, 5) is 25.1. The van der Waals surface area contributed by atoms with Crippen molar-refractivity contribution >= 4 is 24.2 Å². The molecule has 0 aromatic rings. The average molecular weight is 292 g/mol. The highest BCUT2D eigenvalue weighted by Gasteiger charge is 2.21. The van der Waals surface area contributed by atoms with Crippen LogP contribution in [-0.2, 0) is 9.59 Å². The van der Waals surface area contributed by atoms with E-state index in [2.05, 4.69) is 19.2 Å². The quantitative estimate of drug-likeness (QED) is 0.790. The number of rotatable bonds is 5. The number of piperidine rings is 1. The summed E-state index contributed by atoms with van der Waals surface area (Å²) in [5.41, 5.74) is 5.82. The van der Waals surface area contributed by atoms with Crippen molar-refractivity contribution in [1.29, 1.82) is 0 Å². The topological polar surface area (TPSA) is 75.4 Å². The number of hydrogen-bond acceptors (Lipinski definition) is 3. The Morgan fingerprint density at radius 1 is 1.42 bits per heavy atom. The van der Waals surface area contributed by atoms with Gasteiger partial charge in [-0.15, -0.1) is 12.4 Å². The van der Waals surface area contributed by atoms with Gasteiger partial charge in [-0.25, -0.2) is 0 Å². The summed E-state index contributed by atoms with van der Waals surface area (Å²) in [7, 11) is 0. The second kappa shape index (κ2) is 9.15. The first-order valence-corrected chi connectivity index (χ1v) is 6.79. The van der Waals surface area contributed by atoms with E-state index in [1.54, 1.807) is 4.90 Å². The molecule has 1 unspecified atom stereocenters. The molecule has 5 nitrogen and oxygen atoms in total. The fraction of sp³-hybridized carbons (Fsp3) is 0.846. The van der Waals surface area contributed by atoms with Crippen LogP contribution >= 0.6 is 12.4 Å². The summed E-state index contributed by atoms with van der Waals surface area (Å²) in [5.74, 6) is 0.438. The van der Waals surface area contributed by atoms with E-state index in [1.807, 2.05) is 0 Å². The molecule has 112 valence electrons. The van der Waals surface area contributed by atoms with E-state index < -0.39 is 0 Å². The predicted molar refractivity (Wildman–Crippen MR) is 78.1 cm³/mol. The number of nitrogens with one attached hydrogen (secondary N) is 1. The maximum Gasteiger partial charge on any atom is 0.242 e. The largest absolute Gasteiger partial charge is 0.347 e. The van der Waals surface area contributed by atoms with Crippen molar-refractivity contribution in [1.82, 2.24) is 10.2 Å². The van der Waals surface area contributed by atoms with E-state index >= 15 is 0 Å². The van der Waals surface area contributed by atoms with Crippen molar-refractivity contribution in [3.05, 3.63) is 0 Å². The summed E-state index contributed by atoms with van der Waals surface area (Å²) in [6.45, 7) is 5.62. The highest BCUT2D eigenvalue weighted by molar-refractivity contribution is 5.85. The minimum absolute atomic E-state index is 0. The van der Waals surface area contributed by atoms with Crippen molar-refractivity contribution in [2.75, 3.05) is 19.6 Å². The second-order valence-electron chi connectivity index (χ2n) is 5.45. The fourth-order valence-corrected chi connectivity index (χ4v) is 2.03. The number of carbonyl (C=O) groups excluding carboxylic acids is 2. The van der Waals surface area contributed by atoms with E-state index in [1.165, 1.54) is 0 Å². The van der Waals surface area contributed by atoms with Crippen molar-refractivity contribution in [3.63, 3.8) is 0 Å². The lowest BCUT2D eigenvalue weighted by molar-refractivity contribution is -0.133. The van der Waals surface area contributed by atoms with Gasteiger partial charge in [0, 0.05) is 25.6 Å². The van der Waals surface area contributed by atoms with Crippen LogP contribution < -0.4 is 11.1 Å². The van der Waals surface area contributed by atoms with Crippen molar-refractivity contribution in [3.8, 4) is 0 Å². The third-order valence-electron chi connectivity index (χ3n) is 3.20. The van der Waals surface area contributed by atoms with Crippen LogP contribution in [0, 0.1) is 5.92 Å². The third kappa shape index (κ3) is 7.38. The number of likely N-dealkylation sites (tertiary alicyclic amines) is 1. The molecule has 0 aromatic carbocycles. The molecule has 0 spiro atoms. The second-order valence-corrected chi connectivity index (χ2v) is 5.45. The van der Waals surface area contributed by atoms with Crippen LogP contribution in [0.1, 0.15) is 39.5 Å². The average Bonchev–Trinajstić information content (AvgIpc) is 2.33. The van der Waals surface area contributed by atoms with Gasteiger partial charge in [-0.2, -0.15) is 0 Å². The molecule has 0 aromatic heterocycles. The summed E-state index contributed by atoms with van der Waals surface area (Å²) in [5, 5.41) is 2.68. The van der Waals surface area contributed by atoms with Crippen molar-refractivity contribution in [2.24, 2.45) is 11.7 Å². The van der Waals surface area contributed by atoms with Gasteiger partial charge < -0.3 is 16.0 Å². The molecule has 1 heterocycles. The maximum absolute atomic E-state index is 11.8. The van der Waals surface area contributed by atoms with Crippen LogP contribution in [0.3, 0.4) is 0 Å². The molecule has 6 heteroatoms. The molecule has 0 aliphatic carbocycles. The van der Waals surface area contributed by atoms with Crippen LogP contribution in [0.2, 0.25) is 0 Å². The maximum atomic E-state index is 11.8. The molecule has 1 aliphatic rings. The molecule has 1 atom stereocenters. The Morgan fingerprint density at radius 2 is 2.11 bits per heavy atom. The minimum atomic E-state index is -0.0432. The standard InChI is InChI=1S/C13H25N3O2.ClH/c1-10(2)5-6-12(17)15-8-13(18)16-7-3-4-11(14)9-16;/h10-11H,3-9,14H2,1-2H3,(H,15,17);1H. The number of nitrogens with zero attached hydrogens (tertiary/aromatic N) is 1. The molecule has 19 heavy (non-hydrogen) atoms. The molecule has 0 bridgehead atoms. The van der Waals surface area contributed by atoms with E-state index in [4.69, 9.17) is 5.73 Å². The Kier molecular flexibility index (Phi) is 8.76. The molecule has 0 radical (unpaired) electrons. The van der Waals surface area contributed by atoms with Gasteiger partial charge in [0.15, 0.2) is 0 Å². The SMILES string of the molecule is CC(C)CCC(=O)NCC(=O)N1CCCC(N)C1.Cl. The lowest BCUT2D eigenvalue weighted by Crippen LogP contribution is -2.48. The molecule has 1 aliphatic heterocycles. The summed E-state index contributed by atoms with van der Waals surface area (Å²) in [6, 6.07) is 0.0827. The smallest absolute Gasteiger partial charge is 0.242 e. The number of amides is 2. The molecular formula is C13H26ClN3O2. The first-order valence-electron chi connectivity index (χ1n) is 6.79. The zero-order chi connectivity index (χ0) is 13.5. The van der Waals surface area contributed by atoms with Gasteiger partial charge >= 0.3 is 0 Å². The first-order chi connectivity index (χ1) is 8.49. The lowest BCUT2D eigenvalue weighted by Gasteiger charge is -2.30. The highest BCUT2D eigenvalue weighted by Crippen LogP contribution is 2.08. The van der Waals surface area contributed by atoms with Gasteiger partial charge in [-0.1, -0.05) is 13.8 Å². The molecule has 1 saturated heterocycles. The van der Waals surface area contributed by atoms with Gasteiger partial charge in [-0.05, 0) is 25.2 Å². The summed E-state index contributed by atoms with van der Waals surface area (Å²) in [6.07, 6.45) is 3.28. The molecule has 3 N–H and O–H groups in total. The summed E-state index contributed by atoms with van der Waals surface area (Å²) >= 11 is 0. The lowest BCUT2D eigenvalue weighted by atomic mass is 10.1. The normalized spacial score (nSPS) is 18.9. The van der Waals surface area contributed by atoms with Crippen LogP contribution in [0.25, 0.3) is 0 Å². The Labute approximate surface area is 121 Å². The summed E-state index contributed by atoms with van der Waals surface area (Å²) < 4.78 is 0. The Bertz CT molecular complexity index is 298. The van der Waals surface area contributed by atoms with E-state index in [0.717, 1.165) is 25.8 Å². The predicted octanol–water partition coefficient (Wildman–Crippen LogP) is 0.910. The molecular weight excluding hydrogens is 266 g/mol. The molecule has 2 amide bonds. The Balaban J connectivity index is 0.00000324. The third-order valence-corrected chi connectivity index (χ3v) is 3.20. The number of nitrogens with two attached hydrogens (primary N) is 1. The Morgan fingerprint density at radius 3 is 2.68 bits per heavy atom. The van der Waals surface area contributed by atoms with Gasteiger partial charge in [0.2, 0.25) is 11.8 Å². The van der Waals surface area contributed by atoms with Gasteiger partial charge in [0.25, 0.3) is 0 Å². The van der Waals surface area contributed by atoms with Crippen LogP contribution in [0.5, 0.6) is 0 Å². The fourth-order valence-electron chi connectivity index (χ4n) is 2.03. The molecule has 0 saturated carbocycles. The highest BCUT2D eigenvalue weighted by atomic mass is 35.5. The first kappa shape index (κ1) is 18.2. The Hall–Kier alpha value is -0.810. The van der Waals surface area contributed by atoms with Crippen molar-refractivity contribution in [2.45, 2.75) is 45.6 Å². The van der Waals surface area contributed by atoms with Gasteiger partial charge in [-0.3, -0.25) is 9.59 Å². The van der Waals surface area contributed by atoms with Crippen LogP contribution in [0.15, 0.2) is 0 Å². The molecule has 1 rings (SSSR count). The van der Waals surface area contributed by atoms with E-state index in [9.17, 15) is 9.59 Å². The van der Waals surface area contributed by atoms with Crippen LogP contribution in [0.4, 0.5) is 0 Å². The van der Waals surface area contributed by atoms with Crippen LogP contribution in [-0.4, -0.2) is 42.4 Å². The zero-order valence-corrected chi connectivity index (χ0v) is 12.7. The zero-order valence-electron chi connectivity index (χ0n) is 11.9. The monoisotopic (exact) mass is 291 g/mol. The number of hydrogen-bond donors (Lipinski definition) is 2. The van der Waals surface area contributed by atoms with E-state index in [0.29, 0.717) is 18.9 Å². The van der Waals surface area contributed by atoms with Gasteiger partial charge in [0.05, 0.1) is 6.54 Å².